The fraction of sp³-hybridized carbons (Fsp3) is 0.533. The summed E-state index contributed by atoms with van der Waals surface area (Å²) in [6.07, 6.45) is 4.81. The van der Waals surface area contributed by atoms with E-state index in [0.717, 1.165) is 31.7 Å². The van der Waals surface area contributed by atoms with Crippen LogP contribution in [0.15, 0.2) is 24.3 Å². The van der Waals surface area contributed by atoms with Gasteiger partial charge in [-0.15, -0.1) is 0 Å². The number of rotatable bonds is 5. The maximum atomic E-state index is 5.59. The van der Waals surface area contributed by atoms with E-state index in [2.05, 4.69) is 35.8 Å². The van der Waals surface area contributed by atoms with Crippen LogP contribution < -0.4 is 10.6 Å². The minimum atomic E-state index is 0.415. The Hall–Kier alpha value is -1.13. The van der Waals surface area contributed by atoms with Gasteiger partial charge in [-0.05, 0) is 49.5 Å². The van der Waals surface area contributed by atoms with Gasteiger partial charge in [0.05, 0.1) is 6.10 Å². The van der Waals surface area contributed by atoms with E-state index in [1.807, 2.05) is 6.07 Å². The maximum absolute atomic E-state index is 5.59. The van der Waals surface area contributed by atoms with Gasteiger partial charge in [-0.3, -0.25) is 0 Å². The smallest absolute Gasteiger partial charge is 0.170 e. The number of aryl methyl sites for hydroxylation is 1. The zero-order chi connectivity index (χ0) is 13.5. The second-order valence-electron chi connectivity index (χ2n) is 4.82. The first-order valence-electron chi connectivity index (χ1n) is 7.04. The van der Waals surface area contributed by atoms with Crippen LogP contribution in [0.25, 0.3) is 0 Å². The summed E-state index contributed by atoms with van der Waals surface area (Å²) in [7, 11) is 0. The Labute approximate surface area is 120 Å². The molecule has 0 radical (unpaired) electrons. The van der Waals surface area contributed by atoms with Gasteiger partial charge in [0.15, 0.2) is 5.11 Å². The van der Waals surface area contributed by atoms with Gasteiger partial charge in [-0.25, -0.2) is 0 Å². The number of benzene rings is 1. The monoisotopic (exact) mass is 278 g/mol. The molecule has 2 rings (SSSR count). The number of thiocarbonyl (C=S) groups is 1. The van der Waals surface area contributed by atoms with Crippen molar-refractivity contribution in [3.8, 4) is 0 Å². The molecule has 0 bridgehead atoms. The molecule has 4 heteroatoms. The quantitative estimate of drug-likeness (QED) is 0.811. The van der Waals surface area contributed by atoms with Crippen LogP contribution in [0.5, 0.6) is 0 Å². The molecular formula is C15H22N2OS. The summed E-state index contributed by atoms with van der Waals surface area (Å²) in [5.74, 6) is 0. The standard InChI is InChI=1S/C15H22N2OS/c1-2-12-6-3-4-8-14(12)17-15(19)16-10-9-13-7-5-11-18-13/h3-4,6,8,13H,2,5,7,9-11H2,1H3,(H2,16,17,19). The van der Waals surface area contributed by atoms with Gasteiger partial charge >= 0.3 is 0 Å². The molecule has 0 amide bonds. The zero-order valence-electron chi connectivity index (χ0n) is 11.4. The third-order valence-corrected chi connectivity index (χ3v) is 3.67. The summed E-state index contributed by atoms with van der Waals surface area (Å²) >= 11 is 5.32. The van der Waals surface area contributed by atoms with Crippen molar-refractivity contribution in [2.24, 2.45) is 0 Å². The van der Waals surface area contributed by atoms with Gasteiger partial charge < -0.3 is 15.4 Å². The molecule has 1 aromatic rings. The van der Waals surface area contributed by atoms with Crippen LogP contribution in [-0.4, -0.2) is 24.4 Å². The molecule has 0 aliphatic carbocycles. The van der Waals surface area contributed by atoms with E-state index in [0.29, 0.717) is 11.2 Å². The molecule has 1 unspecified atom stereocenters. The molecule has 1 saturated heterocycles. The van der Waals surface area contributed by atoms with E-state index >= 15 is 0 Å². The minimum Gasteiger partial charge on any atom is -0.378 e. The molecule has 0 spiro atoms. The van der Waals surface area contributed by atoms with E-state index in [1.54, 1.807) is 0 Å². The van der Waals surface area contributed by atoms with Crippen LogP contribution in [0.2, 0.25) is 0 Å². The molecule has 1 aromatic carbocycles. The van der Waals surface area contributed by atoms with Gasteiger partial charge in [0.1, 0.15) is 0 Å². The largest absolute Gasteiger partial charge is 0.378 e. The van der Waals surface area contributed by atoms with Gasteiger partial charge in [-0.1, -0.05) is 25.1 Å². The SMILES string of the molecule is CCc1ccccc1NC(=S)NCCC1CCCO1. The Kier molecular flexibility index (Phi) is 5.61. The molecule has 1 fully saturated rings. The van der Waals surface area contributed by atoms with Crippen molar-refractivity contribution in [2.45, 2.75) is 38.7 Å². The van der Waals surface area contributed by atoms with Crippen LogP contribution in [0.1, 0.15) is 31.7 Å². The summed E-state index contributed by atoms with van der Waals surface area (Å²) in [5.41, 5.74) is 2.38. The lowest BCUT2D eigenvalue weighted by Crippen LogP contribution is -2.31. The van der Waals surface area contributed by atoms with Crippen LogP contribution in [0, 0.1) is 0 Å². The number of nitrogens with one attached hydrogen (secondary N) is 2. The van der Waals surface area contributed by atoms with Crippen molar-refractivity contribution in [1.82, 2.24) is 5.32 Å². The molecule has 104 valence electrons. The molecule has 19 heavy (non-hydrogen) atoms. The first-order chi connectivity index (χ1) is 9.29. The van der Waals surface area contributed by atoms with Crippen molar-refractivity contribution < 1.29 is 4.74 Å². The fourth-order valence-corrected chi connectivity index (χ4v) is 2.55. The first kappa shape index (κ1) is 14.3. The number of hydrogen-bond acceptors (Lipinski definition) is 2. The Bertz CT molecular complexity index is 416. The topological polar surface area (TPSA) is 33.3 Å². The molecule has 1 aliphatic heterocycles. The van der Waals surface area contributed by atoms with Gasteiger partial charge in [0.2, 0.25) is 0 Å². The Morgan fingerprint density at radius 2 is 2.26 bits per heavy atom. The normalized spacial score (nSPS) is 18.3. The first-order valence-corrected chi connectivity index (χ1v) is 7.44. The summed E-state index contributed by atoms with van der Waals surface area (Å²) in [4.78, 5) is 0. The van der Waals surface area contributed by atoms with Crippen molar-refractivity contribution in [1.29, 1.82) is 0 Å². The second-order valence-corrected chi connectivity index (χ2v) is 5.22. The third kappa shape index (κ3) is 4.48. The highest BCUT2D eigenvalue weighted by molar-refractivity contribution is 7.80. The van der Waals surface area contributed by atoms with Gasteiger partial charge in [-0.2, -0.15) is 0 Å². The predicted molar refractivity (Wildman–Crippen MR) is 83.6 cm³/mol. The minimum absolute atomic E-state index is 0.415. The molecule has 0 saturated carbocycles. The lowest BCUT2D eigenvalue weighted by atomic mass is 10.1. The van der Waals surface area contributed by atoms with Crippen LogP contribution in [0.3, 0.4) is 0 Å². The molecule has 1 heterocycles. The summed E-state index contributed by atoms with van der Waals surface area (Å²) < 4.78 is 5.59. The van der Waals surface area contributed by atoms with Crippen molar-refractivity contribution in [3.63, 3.8) is 0 Å². The molecule has 0 aromatic heterocycles. The maximum Gasteiger partial charge on any atom is 0.170 e. The number of para-hydroxylation sites is 1. The summed E-state index contributed by atoms with van der Waals surface area (Å²) in [6, 6.07) is 8.26. The highest BCUT2D eigenvalue weighted by atomic mass is 32.1. The van der Waals surface area contributed by atoms with Crippen LogP contribution >= 0.6 is 12.2 Å². The molecule has 1 aliphatic rings. The van der Waals surface area contributed by atoms with E-state index < -0.39 is 0 Å². The number of hydrogen-bond donors (Lipinski definition) is 2. The van der Waals surface area contributed by atoms with E-state index in [9.17, 15) is 0 Å². The molecule has 2 N–H and O–H groups in total. The van der Waals surface area contributed by atoms with Crippen molar-refractivity contribution in [2.75, 3.05) is 18.5 Å². The van der Waals surface area contributed by atoms with E-state index in [1.165, 1.54) is 18.4 Å². The van der Waals surface area contributed by atoms with Crippen LogP contribution in [-0.2, 0) is 11.2 Å². The lowest BCUT2D eigenvalue weighted by Gasteiger charge is -2.14. The number of anilines is 1. The lowest BCUT2D eigenvalue weighted by molar-refractivity contribution is 0.105. The zero-order valence-corrected chi connectivity index (χ0v) is 12.3. The highest BCUT2D eigenvalue weighted by Gasteiger charge is 2.14. The third-order valence-electron chi connectivity index (χ3n) is 3.42. The average Bonchev–Trinajstić information content (AvgIpc) is 2.92. The molecular weight excluding hydrogens is 256 g/mol. The Morgan fingerprint density at radius 3 is 3.00 bits per heavy atom. The Balaban J connectivity index is 1.74. The van der Waals surface area contributed by atoms with Gasteiger partial charge in [0, 0.05) is 18.8 Å². The fourth-order valence-electron chi connectivity index (χ4n) is 2.34. The van der Waals surface area contributed by atoms with Crippen molar-refractivity contribution >= 4 is 23.0 Å². The predicted octanol–water partition coefficient (Wildman–Crippen LogP) is 3.10. The Morgan fingerprint density at radius 1 is 1.42 bits per heavy atom. The van der Waals surface area contributed by atoms with Crippen LogP contribution in [0.4, 0.5) is 5.69 Å². The average molecular weight is 278 g/mol. The highest BCUT2D eigenvalue weighted by Crippen LogP contribution is 2.16. The molecule has 1 atom stereocenters. The number of ether oxygens (including phenoxy) is 1. The van der Waals surface area contributed by atoms with Crippen molar-refractivity contribution in [3.05, 3.63) is 29.8 Å². The molecule has 3 nitrogen and oxygen atoms in total. The summed E-state index contributed by atoms with van der Waals surface area (Å²) in [6.45, 7) is 3.93. The van der Waals surface area contributed by atoms with E-state index in [-0.39, 0.29) is 0 Å². The van der Waals surface area contributed by atoms with E-state index in [4.69, 9.17) is 17.0 Å². The van der Waals surface area contributed by atoms with Gasteiger partial charge in [0.25, 0.3) is 0 Å². The summed E-state index contributed by atoms with van der Waals surface area (Å²) in [5, 5.41) is 7.21. The second kappa shape index (κ2) is 7.46.